The van der Waals surface area contributed by atoms with E-state index in [1.54, 1.807) is 11.3 Å². The van der Waals surface area contributed by atoms with E-state index in [9.17, 15) is 4.39 Å². The quantitative estimate of drug-likeness (QED) is 0.839. The van der Waals surface area contributed by atoms with Crippen molar-refractivity contribution in [2.75, 3.05) is 6.54 Å². The number of thiazole rings is 1. The smallest absolute Gasteiger partial charge is 0.131 e. The Hall–Kier alpha value is -0.480. The Morgan fingerprint density at radius 1 is 1.64 bits per heavy atom. The predicted molar refractivity (Wildman–Crippen MR) is 58.3 cm³/mol. The second-order valence-corrected chi connectivity index (χ2v) is 4.99. The van der Waals surface area contributed by atoms with Crippen LogP contribution in [0.2, 0.25) is 0 Å². The summed E-state index contributed by atoms with van der Waals surface area (Å²) in [5.74, 6) is -0.0745. The maximum absolute atomic E-state index is 14.2. The molecule has 1 heterocycles. The Morgan fingerprint density at radius 3 is 2.64 bits per heavy atom. The lowest BCUT2D eigenvalue weighted by atomic mass is 9.88. The van der Waals surface area contributed by atoms with Crippen molar-refractivity contribution in [2.24, 2.45) is 11.7 Å². The first-order valence-electron chi connectivity index (χ1n) is 4.78. The van der Waals surface area contributed by atoms with Gasteiger partial charge in [0.15, 0.2) is 0 Å². The SMILES string of the molecule is Cc1nc(CC(F)(CN)C(C)C)cs1. The number of nitrogens with two attached hydrogens (primary N) is 1. The van der Waals surface area contributed by atoms with Crippen molar-refractivity contribution in [3.05, 3.63) is 16.1 Å². The van der Waals surface area contributed by atoms with Crippen molar-refractivity contribution in [3.63, 3.8) is 0 Å². The summed E-state index contributed by atoms with van der Waals surface area (Å²) in [6, 6.07) is 0. The van der Waals surface area contributed by atoms with Gasteiger partial charge < -0.3 is 5.73 Å². The Bertz CT molecular complexity index is 298. The van der Waals surface area contributed by atoms with E-state index in [-0.39, 0.29) is 12.5 Å². The molecule has 0 amide bonds. The molecule has 0 radical (unpaired) electrons. The van der Waals surface area contributed by atoms with Crippen LogP contribution in [0.3, 0.4) is 0 Å². The minimum atomic E-state index is -1.32. The number of aromatic nitrogens is 1. The summed E-state index contributed by atoms with van der Waals surface area (Å²) in [6.45, 7) is 5.69. The molecular weight excluding hydrogens is 199 g/mol. The van der Waals surface area contributed by atoms with Gasteiger partial charge in [0.2, 0.25) is 0 Å². The molecule has 0 bridgehead atoms. The zero-order chi connectivity index (χ0) is 10.8. The number of rotatable bonds is 4. The topological polar surface area (TPSA) is 38.9 Å². The first kappa shape index (κ1) is 11.6. The van der Waals surface area contributed by atoms with Gasteiger partial charge in [0, 0.05) is 18.3 Å². The van der Waals surface area contributed by atoms with E-state index >= 15 is 0 Å². The molecule has 1 atom stereocenters. The van der Waals surface area contributed by atoms with Crippen LogP contribution in [0.1, 0.15) is 24.5 Å². The summed E-state index contributed by atoms with van der Waals surface area (Å²) >= 11 is 1.55. The van der Waals surface area contributed by atoms with Crippen molar-refractivity contribution >= 4 is 11.3 Å². The first-order valence-corrected chi connectivity index (χ1v) is 5.66. The third-order valence-electron chi connectivity index (χ3n) is 2.52. The molecule has 2 N–H and O–H groups in total. The van der Waals surface area contributed by atoms with Crippen molar-refractivity contribution in [3.8, 4) is 0 Å². The third kappa shape index (κ3) is 2.51. The molecule has 0 spiro atoms. The molecule has 0 aliphatic heterocycles. The van der Waals surface area contributed by atoms with Gasteiger partial charge in [-0.3, -0.25) is 0 Å². The monoisotopic (exact) mass is 216 g/mol. The predicted octanol–water partition coefficient (Wildman–Crippen LogP) is 2.32. The molecule has 4 heteroatoms. The van der Waals surface area contributed by atoms with Crippen LogP contribution in [0.25, 0.3) is 0 Å². The molecule has 0 aliphatic carbocycles. The highest BCUT2D eigenvalue weighted by molar-refractivity contribution is 7.09. The third-order valence-corrected chi connectivity index (χ3v) is 3.34. The zero-order valence-corrected chi connectivity index (χ0v) is 9.70. The van der Waals surface area contributed by atoms with Gasteiger partial charge in [0.1, 0.15) is 5.67 Å². The Labute approximate surface area is 88.4 Å². The molecule has 0 saturated carbocycles. The van der Waals surface area contributed by atoms with Gasteiger partial charge in [-0.1, -0.05) is 13.8 Å². The molecule has 0 saturated heterocycles. The summed E-state index contributed by atoms with van der Waals surface area (Å²) in [6.07, 6.45) is 0.325. The molecule has 1 aromatic heterocycles. The lowest BCUT2D eigenvalue weighted by Gasteiger charge is -2.26. The van der Waals surface area contributed by atoms with E-state index in [1.165, 1.54) is 0 Å². The van der Waals surface area contributed by atoms with Gasteiger partial charge in [-0.2, -0.15) is 0 Å². The summed E-state index contributed by atoms with van der Waals surface area (Å²) < 4.78 is 14.2. The van der Waals surface area contributed by atoms with E-state index in [2.05, 4.69) is 4.98 Å². The van der Waals surface area contributed by atoms with Crippen molar-refractivity contribution in [1.29, 1.82) is 0 Å². The number of hydrogen-bond donors (Lipinski definition) is 1. The van der Waals surface area contributed by atoms with Crippen molar-refractivity contribution in [2.45, 2.75) is 32.9 Å². The number of hydrogen-bond acceptors (Lipinski definition) is 3. The Kier molecular flexibility index (Phi) is 3.61. The molecule has 14 heavy (non-hydrogen) atoms. The van der Waals surface area contributed by atoms with Gasteiger partial charge in [-0.25, -0.2) is 9.37 Å². The number of aryl methyl sites for hydroxylation is 1. The molecule has 0 aromatic carbocycles. The fraction of sp³-hybridized carbons (Fsp3) is 0.700. The van der Waals surface area contributed by atoms with Crippen LogP contribution in [0.15, 0.2) is 5.38 Å². The highest BCUT2D eigenvalue weighted by Crippen LogP contribution is 2.26. The van der Waals surface area contributed by atoms with Crippen LogP contribution in [0, 0.1) is 12.8 Å². The highest BCUT2D eigenvalue weighted by Gasteiger charge is 2.33. The lowest BCUT2D eigenvalue weighted by molar-refractivity contribution is 0.109. The van der Waals surface area contributed by atoms with Crippen LogP contribution in [-0.4, -0.2) is 17.2 Å². The van der Waals surface area contributed by atoms with Crippen LogP contribution >= 0.6 is 11.3 Å². The van der Waals surface area contributed by atoms with E-state index in [0.717, 1.165) is 10.7 Å². The molecule has 80 valence electrons. The Balaban J connectivity index is 2.75. The Morgan fingerprint density at radius 2 is 2.29 bits per heavy atom. The first-order chi connectivity index (χ1) is 6.48. The van der Waals surface area contributed by atoms with Gasteiger partial charge in [0.25, 0.3) is 0 Å². The minimum Gasteiger partial charge on any atom is -0.328 e. The average molecular weight is 216 g/mol. The van der Waals surface area contributed by atoms with Gasteiger partial charge in [0.05, 0.1) is 10.7 Å². The fourth-order valence-corrected chi connectivity index (χ4v) is 1.92. The molecule has 0 aliphatic rings. The van der Waals surface area contributed by atoms with E-state index in [4.69, 9.17) is 5.73 Å². The van der Waals surface area contributed by atoms with E-state index < -0.39 is 5.67 Å². The minimum absolute atomic E-state index is 0.0568. The van der Waals surface area contributed by atoms with Gasteiger partial charge in [-0.05, 0) is 12.8 Å². The van der Waals surface area contributed by atoms with Crippen LogP contribution in [0.4, 0.5) is 4.39 Å². The lowest BCUT2D eigenvalue weighted by Crippen LogP contribution is -2.40. The maximum Gasteiger partial charge on any atom is 0.131 e. The largest absolute Gasteiger partial charge is 0.328 e. The fourth-order valence-electron chi connectivity index (χ4n) is 1.30. The van der Waals surface area contributed by atoms with Crippen molar-refractivity contribution in [1.82, 2.24) is 4.98 Å². The summed E-state index contributed by atoms with van der Waals surface area (Å²) in [7, 11) is 0. The zero-order valence-electron chi connectivity index (χ0n) is 8.88. The van der Waals surface area contributed by atoms with Gasteiger partial charge >= 0.3 is 0 Å². The van der Waals surface area contributed by atoms with Crippen LogP contribution in [-0.2, 0) is 6.42 Å². The summed E-state index contributed by atoms with van der Waals surface area (Å²) in [5, 5.41) is 2.88. The standard InChI is InChI=1S/C10H17FN2S/c1-7(2)10(11,6-12)4-9-5-14-8(3)13-9/h5,7H,4,6,12H2,1-3H3. The molecule has 1 unspecified atom stereocenters. The molecule has 0 fully saturated rings. The molecule has 1 rings (SSSR count). The molecular formula is C10H17FN2S. The van der Waals surface area contributed by atoms with Crippen LogP contribution < -0.4 is 5.73 Å². The number of alkyl halides is 1. The normalized spacial score (nSPS) is 15.9. The number of halogens is 1. The number of nitrogens with zero attached hydrogens (tertiary/aromatic N) is 1. The second kappa shape index (κ2) is 4.36. The van der Waals surface area contributed by atoms with Crippen LogP contribution in [0.5, 0.6) is 0 Å². The highest BCUT2D eigenvalue weighted by atomic mass is 32.1. The molecule has 2 nitrogen and oxygen atoms in total. The van der Waals surface area contributed by atoms with Crippen molar-refractivity contribution < 1.29 is 4.39 Å². The van der Waals surface area contributed by atoms with E-state index in [0.29, 0.717) is 6.42 Å². The second-order valence-electron chi connectivity index (χ2n) is 3.93. The average Bonchev–Trinajstić information content (AvgIpc) is 2.50. The maximum atomic E-state index is 14.2. The molecule has 1 aromatic rings. The summed E-state index contributed by atoms with van der Waals surface area (Å²) in [5.41, 5.74) is 4.96. The van der Waals surface area contributed by atoms with Gasteiger partial charge in [-0.15, -0.1) is 11.3 Å². The summed E-state index contributed by atoms with van der Waals surface area (Å²) in [4.78, 5) is 4.25. The van der Waals surface area contributed by atoms with E-state index in [1.807, 2.05) is 26.2 Å².